The topological polar surface area (TPSA) is 0 Å². The first kappa shape index (κ1) is 33.1. The van der Waals surface area contributed by atoms with E-state index < -0.39 is 15.2 Å². The lowest BCUT2D eigenvalue weighted by Gasteiger charge is -2.27. The fraction of sp³-hybridized carbons (Fsp3) is 0.0233. The van der Waals surface area contributed by atoms with Crippen LogP contribution >= 0.6 is 27.6 Å². The Labute approximate surface area is 282 Å². The molecule has 0 aromatic heterocycles. The summed E-state index contributed by atoms with van der Waals surface area (Å²) in [6, 6.07) is 76.4. The van der Waals surface area contributed by atoms with Gasteiger partial charge in [0.05, 0.1) is 6.16 Å². The van der Waals surface area contributed by atoms with Crippen LogP contribution < -0.4 is 31.8 Å². The van der Waals surface area contributed by atoms with Gasteiger partial charge in [-0.3, -0.25) is 0 Å². The van der Waals surface area contributed by atoms with Gasteiger partial charge in [0.25, 0.3) is 0 Å². The molecule has 7 aromatic carbocycles. The normalized spacial score (nSPS) is 10.7. The zero-order valence-electron chi connectivity index (χ0n) is 25.7. The van der Waals surface area contributed by atoms with Gasteiger partial charge in [-0.2, -0.15) is 0 Å². The van der Waals surface area contributed by atoms with Crippen molar-refractivity contribution < 1.29 is 0 Å². The predicted octanol–water partition coefficient (Wildman–Crippen LogP) is 9.05. The van der Waals surface area contributed by atoms with Crippen LogP contribution in [0, 0.1) is 0 Å². The molecule has 0 nitrogen and oxygen atoms in total. The molecule has 0 spiro atoms. The monoisotopic (exact) mass is 651 g/mol. The summed E-state index contributed by atoms with van der Waals surface area (Å²) in [5.74, 6) is 0. The van der Waals surface area contributed by atoms with E-state index in [4.69, 9.17) is 0 Å². The van der Waals surface area contributed by atoms with Gasteiger partial charge in [-0.25, -0.2) is 0 Å². The molecule has 3 heteroatoms. The SMILES string of the molecule is Cl.c1ccc(C[P+](c2ccccc2)(c2ccccc2)c2ccccc2)cc1.c1ccc(P(c2ccccc2)c2ccccc2)cc1. The van der Waals surface area contributed by atoms with Crippen LogP contribution in [0.5, 0.6) is 0 Å². The molecule has 0 saturated heterocycles. The van der Waals surface area contributed by atoms with Crippen molar-refractivity contribution in [3.8, 4) is 0 Å². The highest BCUT2D eigenvalue weighted by Crippen LogP contribution is 2.58. The number of benzene rings is 7. The molecule has 46 heavy (non-hydrogen) atoms. The summed E-state index contributed by atoms with van der Waals surface area (Å²) in [5.41, 5.74) is 1.39. The van der Waals surface area contributed by atoms with Gasteiger partial charge in [-0.05, 0) is 65.8 Å². The smallest absolute Gasteiger partial charge is 0.116 e. The molecule has 0 radical (unpaired) electrons. The summed E-state index contributed by atoms with van der Waals surface area (Å²) in [7, 11) is -2.22. The summed E-state index contributed by atoms with van der Waals surface area (Å²) in [6.45, 7) is 0. The van der Waals surface area contributed by atoms with E-state index in [2.05, 4.69) is 212 Å². The van der Waals surface area contributed by atoms with Gasteiger partial charge in [0, 0.05) is 0 Å². The molecule has 0 atom stereocenters. The molecule has 7 aromatic rings. The van der Waals surface area contributed by atoms with Gasteiger partial charge < -0.3 is 0 Å². The Morgan fingerprint density at radius 3 is 0.826 bits per heavy atom. The first-order valence-corrected chi connectivity index (χ1v) is 18.7. The zero-order chi connectivity index (χ0) is 30.6. The van der Waals surface area contributed by atoms with Crippen molar-refractivity contribution in [2.45, 2.75) is 6.16 Å². The van der Waals surface area contributed by atoms with Crippen LogP contribution in [0.2, 0.25) is 0 Å². The van der Waals surface area contributed by atoms with Crippen molar-refractivity contribution >= 4 is 59.4 Å². The van der Waals surface area contributed by atoms with E-state index in [1.807, 2.05) is 0 Å². The first-order chi connectivity index (χ1) is 22.3. The lowest BCUT2D eigenvalue weighted by atomic mass is 10.2. The Bertz CT molecular complexity index is 1640. The molecule has 0 aliphatic heterocycles. The molecule has 0 aliphatic rings. The minimum atomic E-state index is -1.78. The molecule has 0 bridgehead atoms. The Morgan fingerprint density at radius 1 is 0.304 bits per heavy atom. The summed E-state index contributed by atoms with van der Waals surface area (Å²) in [6.07, 6.45) is 1.03. The number of rotatable bonds is 8. The summed E-state index contributed by atoms with van der Waals surface area (Å²) < 4.78 is 0. The van der Waals surface area contributed by atoms with Gasteiger partial charge in [-0.15, -0.1) is 12.4 Å². The molecule has 0 N–H and O–H groups in total. The van der Waals surface area contributed by atoms with Gasteiger partial charge in [0.2, 0.25) is 0 Å². The van der Waals surface area contributed by atoms with Crippen molar-refractivity contribution in [2.24, 2.45) is 0 Å². The van der Waals surface area contributed by atoms with Crippen LogP contribution in [-0.2, 0) is 6.16 Å². The van der Waals surface area contributed by atoms with Crippen LogP contribution in [0.4, 0.5) is 0 Å². The summed E-state index contributed by atoms with van der Waals surface area (Å²) in [4.78, 5) is 0. The highest BCUT2D eigenvalue weighted by Gasteiger charge is 2.45. The second-order valence-electron chi connectivity index (χ2n) is 10.8. The first-order valence-electron chi connectivity index (χ1n) is 15.4. The third-order valence-electron chi connectivity index (χ3n) is 7.90. The fourth-order valence-electron chi connectivity index (χ4n) is 5.80. The minimum absolute atomic E-state index is 0. The molecule has 7 rings (SSSR count). The largest absolute Gasteiger partial charge is 0.147 e. The molecule has 0 unspecified atom stereocenters. The van der Waals surface area contributed by atoms with E-state index in [1.165, 1.54) is 37.4 Å². The predicted molar refractivity (Wildman–Crippen MR) is 208 cm³/mol. The average Bonchev–Trinajstić information content (AvgIpc) is 3.14. The third kappa shape index (κ3) is 7.91. The molecule has 0 amide bonds. The highest BCUT2D eigenvalue weighted by atomic mass is 35.5. The van der Waals surface area contributed by atoms with Crippen molar-refractivity contribution in [2.75, 3.05) is 0 Å². The summed E-state index contributed by atoms with van der Waals surface area (Å²) in [5, 5.41) is 8.49. The number of hydrogen-bond donors (Lipinski definition) is 0. The summed E-state index contributed by atoms with van der Waals surface area (Å²) >= 11 is 0. The van der Waals surface area contributed by atoms with Crippen LogP contribution in [0.1, 0.15) is 5.56 Å². The second-order valence-corrected chi connectivity index (χ2v) is 16.5. The highest BCUT2D eigenvalue weighted by molar-refractivity contribution is 7.95. The van der Waals surface area contributed by atoms with E-state index in [0.29, 0.717) is 0 Å². The Morgan fingerprint density at radius 2 is 0.543 bits per heavy atom. The Kier molecular flexibility index (Phi) is 12.1. The lowest BCUT2D eigenvalue weighted by molar-refractivity contribution is 1.39. The van der Waals surface area contributed by atoms with E-state index in [1.54, 1.807) is 0 Å². The van der Waals surface area contributed by atoms with Crippen LogP contribution in [0.25, 0.3) is 0 Å². The van der Waals surface area contributed by atoms with Crippen LogP contribution in [0.15, 0.2) is 212 Å². The van der Waals surface area contributed by atoms with Crippen LogP contribution in [0.3, 0.4) is 0 Å². The van der Waals surface area contributed by atoms with E-state index in [0.717, 1.165) is 6.16 Å². The Balaban J connectivity index is 0.000000186. The van der Waals surface area contributed by atoms with E-state index >= 15 is 0 Å². The fourth-order valence-corrected chi connectivity index (χ4v) is 12.4. The number of halogens is 1. The van der Waals surface area contributed by atoms with Crippen LogP contribution in [-0.4, -0.2) is 0 Å². The molecule has 0 aliphatic carbocycles. The molecule has 226 valence electrons. The quantitative estimate of drug-likeness (QED) is 0.144. The second kappa shape index (κ2) is 16.8. The molecular weight excluding hydrogens is 614 g/mol. The van der Waals surface area contributed by atoms with Gasteiger partial charge in [0.1, 0.15) is 23.2 Å². The van der Waals surface area contributed by atoms with Gasteiger partial charge in [0.15, 0.2) is 0 Å². The van der Waals surface area contributed by atoms with E-state index in [-0.39, 0.29) is 12.4 Å². The zero-order valence-corrected chi connectivity index (χ0v) is 28.3. The van der Waals surface area contributed by atoms with Crippen molar-refractivity contribution in [1.29, 1.82) is 0 Å². The maximum absolute atomic E-state index is 2.30. The molecule has 0 saturated carbocycles. The van der Waals surface area contributed by atoms with Gasteiger partial charge >= 0.3 is 0 Å². The average molecular weight is 652 g/mol. The Hall–Kier alpha value is -4.31. The van der Waals surface area contributed by atoms with Crippen molar-refractivity contribution in [1.82, 2.24) is 0 Å². The van der Waals surface area contributed by atoms with Crippen molar-refractivity contribution in [3.05, 3.63) is 218 Å². The van der Waals surface area contributed by atoms with Gasteiger partial charge in [-0.1, -0.05) is 176 Å². The third-order valence-corrected chi connectivity index (χ3v) is 14.7. The molecular formula is C43H38ClP2+. The minimum Gasteiger partial charge on any atom is -0.147 e. The lowest BCUT2D eigenvalue weighted by Crippen LogP contribution is -2.32. The van der Waals surface area contributed by atoms with Crippen molar-refractivity contribution in [3.63, 3.8) is 0 Å². The van der Waals surface area contributed by atoms with E-state index in [9.17, 15) is 0 Å². The maximum Gasteiger partial charge on any atom is 0.116 e. The standard InChI is InChI=1S/C25H22P.C18H15P.ClH/c1-5-13-22(14-6-1)21-26(23-15-7-2-8-16-23,24-17-9-3-10-18-24)25-19-11-4-12-20-25;1-4-10-16(11-5-1)19(17-12-6-2-7-13-17)18-14-8-3-9-15-18;/h1-20H,21H2;1-15H;1H/q+1;;. The molecule has 0 heterocycles. The maximum atomic E-state index is 2.30. The molecule has 0 fully saturated rings. The number of hydrogen-bond acceptors (Lipinski definition) is 0.